The Bertz CT molecular complexity index is 820. The Kier molecular flexibility index (Phi) is 7.75. The van der Waals surface area contributed by atoms with E-state index in [0.29, 0.717) is 25.9 Å². The van der Waals surface area contributed by atoms with Gasteiger partial charge in [-0.15, -0.1) is 0 Å². The van der Waals surface area contributed by atoms with Gasteiger partial charge in [-0.3, -0.25) is 9.59 Å². The first-order chi connectivity index (χ1) is 15.0. The van der Waals surface area contributed by atoms with E-state index in [9.17, 15) is 14.9 Å². The number of amides is 2. The van der Waals surface area contributed by atoms with Crippen LogP contribution in [-0.2, 0) is 21.4 Å². The highest BCUT2D eigenvalue weighted by atomic mass is 16.2. The molecular weight excluding hydrogens is 386 g/mol. The second kappa shape index (κ2) is 10.3. The van der Waals surface area contributed by atoms with Crippen LogP contribution in [0.3, 0.4) is 0 Å². The van der Waals surface area contributed by atoms with Crippen LogP contribution >= 0.6 is 0 Å². The van der Waals surface area contributed by atoms with Crippen molar-refractivity contribution >= 4 is 11.8 Å². The lowest BCUT2D eigenvalue weighted by Gasteiger charge is -2.44. The molecule has 2 amide bonds. The third-order valence-electron chi connectivity index (χ3n) is 7.28. The van der Waals surface area contributed by atoms with Crippen LogP contribution in [-0.4, -0.2) is 47.3 Å². The van der Waals surface area contributed by atoms with E-state index in [1.165, 1.54) is 5.56 Å². The molecule has 0 aromatic heterocycles. The molecule has 0 spiro atoms. The first-order valence-corrected chi connectivity index (χ1v) is 12.0. The molecule has 1 aromatic carbocycles. The number of hydrogen-bond acceptors (Lipinski definition) is 3. The minimum absolute atomic E-state index is 0.0108. The van der Waals surface area contributed by atoms with Crippen LogP contribution in [0.15, 0.2) is 24.3 Å². The fraction of sp³-hybridized carbons (Fsp3) is 0.654. The number of carbonyl (C=O) groups is 2. The molecule has 2 aliphatic heterocycles. The standard InChI is InChI=1S/C26H37N3O2/c1-4-9-21-11-6-7-13-23(21)26(19-27)14-17-28(18-15-26)25(31)22-12-8-16-29(20(3)30)24(22)10-5-2/h6-7,11,13,22,24H,4-5,8-10,12,14-18H2,1-3H3. The predicted molar refractivity (Wildman–Crippen MR) is 122 cm³/mol. The normalized spacial score (nSPS) is 23.3. The summed E-state index contributed by atoms with van der Waals surface area (Å²) < 4.78 is 0. The Labute approximate surface area is 187 Å². The topological polar surface area (TPSA) is 64.4 Å². The average molecular weight is 424 g/mol. The number of piperidine rings is 2. The van der Waals surface area contributed by atoms with Crippen molar-refractivity contribution in [3.63, 3.8) is 0 Å². The number of benzene rings is 1. The fourth-order valence-corrected chi connectivity index (χ4v) is 5.65. The SMILES string of the molecule is CCCc1ccccc1C1(C#N)CCN(C(=O)C2CCCN(C(C)=O)C2CCC)CC1. The van der Waals surface area contributed by atoms with E-state index in [1.807, 2.05) is 15.9 Å². The summed E-state index contributed by atoms with van der Waals surface area (Å²) in [5.41, 5.74) is 1.90. The van der Waals surface area contributed by atoms with Crippen molar-refractivity contribution in [3.05, 3.63) is 35.4 Å². The van der Waals surface area contributed by atoms with Crippen molar-refractivity contribution in [3.8, 4) is 6.07 Å². The van der Waals surface area contributed by atoms with E-state index in [-0.39, 0.29) is 23.8 Å². The van der Waals surface area contributed by atoms with Gasteiger partial charge in [0.15, 0.2) is 0 Å². The van der Waals surface area contributed by atoms with Crippen molar-refractivity contribution in [2.24, 2.45) is 5.92 Å². The van der Waals surface area contributed by atoms with Gasteiger partial charge in [-0.1, -0.05) is 51.0 Å². The quantitative estimate of drug-likeness (QED) is 0.679. The summed E-state index contributed by atoms with van der Waals surface area (Å²) in [5.74, 6) is 0.142. The smallest absolute Gasteiger partial charge is 0.227 e. The molecule has 3 rings (SSSR count). The van der Waals surface area contributed by atoms with Crippen molar-refractivity contribution < 1.29 is 9.59 Å². The van der Waals surface area contributed by atoms with Gasteiger partial charge in [-0.05, 0) is 49.7 Å². The Morgan fingerprint density at radius 3 is 2.45 bits per heavy atom. The number of likely N-dealkylation sites (tertiary alicyclic amines) is 2. The molecule has 2 fully saturated rings. The first kappa shape index (κ1) is 23.3. The number of hydrogen-bond donors (Lipinski definition) is 0. The second-order valence-electron chi connectivity index (χ2n) is 9.24. The van der Waals surface area contributed by atoms with Crippen LogP contribution in [0.4, 0.5) is 0 Å². The summed E-state index contributed by atoms with van der Waals surface area (Å²) in [6.45, 7) is 7.88. The van der Waals surface area contributed by atoms with E-state index in [4.69, 9.17) is 0 Å². The van der Waals surface area contributed by atoms with Gasteiger partial charge in [0.2, 0.25) is 11.8 Å². The van der Waals surface area contributed by atoms with Crippen LogP contribution in [0.1, 0.15) is 76.8 Å². The Balaban J connectivity index is 1.75. The fourth-order valence-electron chi connectivity index (χ4n) is 5.65. The molecule has 5 nitrogen and oxygen atoms in total. The zero-order valence-corrected chi connectivity index (χ0v) is 19.4. The zero-order valence-electron chi connectivity index (χ0n) is 19.4. The minimum atomic E-state index is -0.511. The maximum Gasteiger partial charge on any atom is 0.227 e. The molecule has 2 aliphatic rings. The van der Waals surface area contributed by atoms with Gasteiger partial charge in [0.05, 0.1) is 17.4 Å². The molecule has 0 bridgehead atoms. The van der Waals surface area contributed by atoms with Crippen molar-refractivity contribution in [1.82, 2.24) is 9.80 Å². The summed E-state index contributed by atoms with van der Waals surface area (Å²) in [7, 11) is 0. The molecule has 2 saturated heterocycles. The Hall–Kier alpha value is -2.35. The van der Waals surface area contributed by atoms with Gasteiger partial charge in [0, 0.05) is 32.6 Å². The van der Waals surface area contributed by atoms with Gasteiger partial charge < -0.3 is 9.80 Å². The van der Waals surface area contributed by atoms with E-state index in [1.54, 1.807) is 6.92 Å². The van der Waals surface area contributed by atoms with Gasteiger partial charge in [-0.2, -0.15) is 5.26 Å². The lowest BCUT2D eigenvalue weighted by Crippen LogP contribution is -2.55. The highest BCUT2D eigenvalue weighted by Gasteiger charge is 2.43. The van der Waals surface area contributed by atoms with Crippen LogP contribution in [0.25, 0.3) is 0 Å². The van der Waals surface area contributed by atoms with Gasteiger partial charge in [0.1, 0.15) is 0 Å². The highest BCUT2D eigenvalue weighted by Crippen LogP contribution is 2.38. The molecule has 168 valence electrons. The average Bonchev–Trinajstić information content (AvgIpc) is 2.79. The molecule has 2 unspecified atom stereocenters. The largest absolute Gasteiger partial charge is 0.342 e. The number of aryl methyl sites for hydroxylation is 1. The third-order valence-corrected chi connectivity index (χ3v) is 7.28. The molecule has 31 heavy (non-hydrogen) atoms. The summed E-state index contributed by atoms with van der Waals surface area (Å²) >= 11 is 0. The van der Waals surface area contributed by atoms with Crippen LogP contribution in [0.2, 0.25) is 0 Å². The van der Waals surface area contributed by atoms with Crippen LogP contribution in [0, 0.1) is 17.2 Å². The zero-order chi connectivity index (χ0) is 22.4. The second-order valence-corrected chi connectivity index (χ2v) is 9.24. The number of nitriles is 1. The number of nitrogens with zero attached hydrogens (tertiary/aromatic N) is 3. The maximum atomic E-state index is 13.5. The summed E-state index contributed by atoms with van der Waals surface area (Å²) in [4.78, 5) is 29.6. The first-order valence-electron chi connectivity index (χ1n) is 12.0. The molecule has 2 heterocycles. The third kappa shape index (κ3) is 4.79. The lowest BCUT2D eigenvalue weighted by molar-refractivity contribution is -0.145. The molecule has 2 atom stereocenters. The Morgan fingerprint density at radius 2 is 1.84 bits per heavy atom. The van der Waals surface area contributed by atoms with E-state index < -0.39 is 5.41 Å². The van der Waals surface area contributed by atoms with E-state index in [0.717, 1.165) is 50.6 Å². The molecule has 0 saturated carbocycles. The van der Waals surface area contributed by atoms with Crippen LogP contribution in [0.5, 0.6) is 0 Å². The molecule has 5 heteroatoms. The van der Waals surface area contributed by atoms with Crippen molar-refractivity contribution in [2.45, 2.75) is 83.6 Å². The molecule has 0 N–H and O–H groups in total. The summed E-state index contributed by atoms with van der Waals surface area (Å²) in [5, 5.41) is 10.2. The summed E-state index contributed by atoms with van der Waals surface area (Å²) in [6.07, 6.45) is 6.96. The summed E-state index contributed by atoms with van der Waals surface area (Å²) in [6, 6.07) is 11.0. The minimum Gasteiger partial charge on any atom is -0.342 e. The van der Waals surface area contributed by atoms with E-state index in [2.05, 4.69) is 38.1 Å². The van der Waals surface area contributed by atoms with Crippen LogP contribution < -0.4 is 0 Å². The van der Waals surface area contributed by atoms with Gasteiger partial charge in [0.25, 0.3) is 0 Å². The monoisotopic (exact) mass is 423 g/mol. The lowest BCUT2D eigenvalue weighted by atomic mass is 9.71. The molecule has 1 aromatic rings. The molecule has 0 aliphatic carbocycles. The number of rotatable bonds is 6. The molecule has 0 radical (unpaired) electrons. The van der Waals surface area contributed by atoms with Gasteiger partial charge >= 0.3 is 0 Å². The Morgan fingerprint density at radius 1 is 1.13 bits per heavy atom. The maximum absolute atomic E-state index is 13.5. The van der Waals surface area contributed by atoms with E-state index >= 15 is 0 Å². The highest BCUT2D eigenvalue weighted by molar-refractivity contribution is 5.82. The van der Waals surface area contributed by atoms with Gasteiger partial charge in [-0.25, -0.2) is 0 Å². The van der Waals surface area contributed by atoms with Crippen molar-refractivity contribution in [1.29, 1.82) is 5.26 Å². The number of carbonyl (C=O) groups excluding carboxylic acids is 2. The van der Waals surface area contributed by atoms with Crippen molar-refractivity contribution in [2.75, 3.05) is 19.6 Å². The molecular formula is C26H37N3O2. The predicted octanol–water partition coefficient (Wildman–Crippen LogP) is 4.45.